The minimum atomic E-state index is -0.514. The first-order valence-corrected chi connectivity index (χ1v) is 7.90. The van der Waals surface area contributed by atoms with Gasteiger partial charge in [0, 0.05) is 6.54 Å². The normalized spacial score (nSPS) is 23.8. The fourth-order valence-electron chi connectivity index (χ4n) is 2.79. The summed E-state index contributed by atoms with van der Waals surface area (Å²) in [5.74, 6) is 1.31. The third-order valence-electron chi connectivity index (χ3n) is 4.03. The van der Waals surface area contributed by atoms with E-state index >= 15 is 0 Å². The van der Waals surface area contributed by atoms with E-state index in [1.807, 2.05) is 31.2 Å². The van der Waals surface area contributed by atoms with Crippen LogP contribution in [0.3, 0.4) is 0 Å². The van der Waals surface area contributed by atoms with Gasteiger partial charge < -0.3 is 20.3 Å². The van der Waals surface area contributed by atoms with E-state index < -0.39 is 6.10 Å². The lowest BCUT2D eigenvalue weighted by Crippen LogP contribution is -2.36. The lowest BCUT2D eigenvalue weighted by Gasteiger charge is -2.26. The van der Waals surface area contributed by atoms with E-state index in [0.717, 1.165) is 31.6 Å². The SMILES string of the molecule is Cc1ccc(OCC(O)CNCC2CCCC(O)C2)cc1. The zero-order valence-electron chi connectivity index (χ0n) is 12.8. The number of aryl methyl sites for hydroxylation is 1. The van der Waals surface area contributed by atoms with Gasteiger partial charge in [-0.3, -0.25) is 0 Å². The number of benzene rings is 1. The van der Waals surface area contributed by atoms with Crippen LogP contribution in [0, 0.1) is 12.8 Å². The van der Waals surface area contributed by atoms with E-state index in [0.29, 0.717) is 19.1 Å². The maximum Gasteiger partial charge on any atom is 0.119 e. The number of hydrogen-bond acceptors (Lipinski definition) is 4. The summed E-state index contributed by atoms with van der Waals surface area (Å²) >= 11 is 0. The molecule has 4 heteroatoms. The molecular weight excluding hydrogens is 266 g/mol. The van der Waals surface area contributed by atoms with Crippen LogP contribution in [0.5, 0.6) is 5.75 Å². The largest absolute Gasteiger partial charge is 0.491 e. The molecule has 4 nitrogen and oxygen atoms in total. The Kier molecular flexibility index (Phi) is 6.49. The maximum atomic E-state index is 9.91. The van der Waals surface area contributed by atoms with E-state index in [1.54, 1.807) is 0 Å². The Balaban J connectivity index is 1.59. The van der Waals surface area contributed by atoms with Crippen molar-refractivity contribution in [3.05, 3.63) is 29.8 Å². The molecule has 3 N–H and O–H groups in total. The van der Waals surface area contributed by atoms with Gasteiger partial charge in [0.1, 0.15) is 18.5 Å². The molecule has 1 aromatic carbocycles. The number of hydrogen-bond donors (Lipinski definition) is 3. The summed E-state index contributed by atoms with van der Waals surface area (Å²) in [7, 11) is 0. The number of nitrogens with one attached hydrogen (secondary N) is 1. The molecule has 1 aromatic rings. The van der Waals surface area contributed by atoms with Crippen molar-refractivity contribution in [3.63, 3.8) is 0 Å². The smallest absolute Gasteiger partial charge is 0.119 e. The second-order valence-corrected chi connectivity index (χ2v) is 6.12. The molecule has 1 aliphatic carbocycles. The summed E-state index contributed by atoms with van der Waals surface area (Å²) in [6.07, 6.45) is 3.43. The van der Waals surface area contributed by atoms with Crippen LogP contribution in [0.25, 0.3) is 0 Å². The van der Waals surface area contributed by atoms with Gasteiger partial charge in [-0.15, -0.1) is 0 Å². The van der Waals surface area contributed by atoms with Crippen LogP contribution in [0.4, 0.5) is 0 Å². The number of rotatable bonds is 7. The zero-order valence-corrected chi connectivity index (χ0v) is 12.8. The van der Waals surface area contributed by atoms with Crippen LogP contribution < -0.4 is 10.1 Å². The summed E-state index contributed by atoms with van der Waals surface area (Å²) in [4.78, 5) is 0. The maximum absolute atomic E-state index is 9.91. The van der Waals surface area contributed by atoms with Gasteiger partial charge in [0.25, 0.3) is 0 Å². The molecule has 21 heavy (non-hydrogen) atoms. The molecule has 0 heterocycles. The zero-order chi connectivity index (χ0) is 15.1. The molecule has 0 amide bonds. The Labute approximate surface area is 127 Å². The molecular formula is C17H27NO3. The number of aliphatic hydroxyl groups is 2. The van der Waals surface area contributed by atoms with Crippen molar-refractivity contribution in [3.8, 4) is 5.75 Å². The fraction of sp³-hybridized carbons (Fsp3) is 0.647. The summed E-state index contributed by atoms with van der Waals surface area (Å²) in [5, 5.41) is 22.8. The Hall–Kier alpha value is -1.10. The molecule has 0 aromatic heterocycles. The van der Waals surface area contributed by atoms with E-state index in [9.17, 15) is 10.2 Å². The van der Waals surface area contributed by atoms with E-state index in [-0.39, 0.29) is 6.10 Å². The first-order chi connectivity index (χ1) is 10.1. The fourth-order valence-corrected chi connectivity index (χ4v) is 2.79. The molecule has 0 aliphatic heterocycles. The van der Waals surface area contributed by atoms with Gasteiger partial charge in [0.05, 0.1) is 6.10 Å². The predicted octanol–water partition coefficient (Wildman–Crippen LogP) is 1.88. The predicted molar refractivity (Wildman–Crippen MR) is 83.5 cm³/mol. The highest BCUT2D eigenvalue weighted by molar-refractivity contribution is 5.26. The Morgan fingerprint density at radius 2 is 2.05 bits per heavy atom. The second-order valence-electron chi connectivity index (χ2n) is 6.12. The minimum absolute atomic E-state index is 0.139. The number of ether oxygens (including phenoxy) is 1. The Morgan fingerprint density at radius 1 is 1.29 bits per heavy atom. The average Bonchev–Trinajstić information content (AvgIpc) is 2.47. The van der Waals surface area contributed by atoms with Crippen molar-refractivity contribution in [2.75, 3.05) is 19.7 Å². The molecule has 0 saturated heterocycles. The Bertz CT molecular complexity index is 407. The first-order valence-electron chi connectivity index (χ1n) is 7.90. The van der Waals surface area contributed by atoms with Crippen molar-refractivity contribution in [2.45, 2.75) is 44.8 Å². The molecule has 1 aliphatic rings. The highest BCUT2D eigenvalue weighted by Gasteiger charge is 2.19. The van der Waals surface area contributed by atoms with Crippen molar-refractivity contribution in [2.24, 2.45) is 5.92 Å². The van der Waals surface area contributed by atoms with Gasteiger partial charge >= 0.3 is 0 Å². The van der Waals surface area contributed by atoms with Crippen LogP contribution in [0.1, 0.15) is 31.2 Å². The molecule has 1 fully saturated rings. The van der Waals surface area contributed by atoms with Gasteiger partial charge in [-0.05, 0) is 50.8 Å². The van der Waals surface area contributed by atoms with Crippen molar-refractivity contribution in [1.82, 2.24) is 5.32 Å². The summed E-state index contributed by atoms with van der Waals surface area (Å²) in [6.45, 7) is 3.71. The van der Waals surface area contributed by atoms with Gasteiger partial charge in [0.2, 0.25) is 0 Å². The second kappa shape index (κ2) is 8.37. The first kappa shape index (κ1) is 16.3. The lowest BCUT2D eigenvalue weighted by atomic mass is 9.87. The van der Waals surface area contributed by atoms with E-state index in [1.165, 1.54) is 12.0 Å². The molecule has 0 radical (unpaired) electrons. The standard InChI is InChI=1S/C17H27NO3/c1-13-5-7-17(8-6-13)21-12-16(20)11-18-10-14-3-2-4-15(19)9-14/h5-8,14-16,18-20H,2-4,9-12H2,1H3. The molecule has 0 bridgehead atoms. The molecule has 2 rings (SSSR count). The van der Waals surface area contributed by atoms with Crippen LogP contribution in [0.2, 0.25) is 0 Å². The van der Waals surface area contributed by atoms with Crippen molar-refractivity contribution in [1.29, 1.82) is 0 Å². The van der Waals surface area contributed by atoms with Crippen LogP contribution in [0.15, 0.2) is 24.3 Å². The monoisotopic (exact) mass is 293 g/mol. The third-order valence-corrected chi connectivity index (χ3v) is 4.03. The van der Waals surface area contributed by atoms with Crippen molar-refractivity contribution < 1.29 is 14.9 Å². The van der Waals surface area contributed by atoms with Gasteiger partial charge in [0.15, 0.2) is 0 Å². The lowest BCUT2D eigenvalue weighted by molar-refractivity contribution is 0.0903. The summed E-state index contributed by atoms with van der Waals surface area (Å²) < 4.78 is 5.55. The topological polar surface area (TPSA) is 61.7 Å². The molecule has 3 unspecified atom stereocenters. The molecule has 3 atom stereocenters. The molecule has 118 valence electrons. The molecule has 1 saturated carbocycles. The Morgan fingerprint density at radius 3 is 2.76 bits per heavy atom. The van der Waals surface area contributed by atoms with Crippen LogP contribution in [-0.4, -0.2) is 42.1 Å². The highest BCUT2D eigenvalue weighted by atomic mass is 16.5. The highest BCUT2D eigenvalue weighted by Crippen LogP contribution is 2.23. The van der Waals surface area contributed by atoms with Gasteiger partial charge in [-0.25, -0.2) is 0 Å². The average molecular weight is 293 g/mol. The van der Waals surface area contributed by atoms with Gasteiger partial charge in [-0.1, -0.05) is 24.1 Å². The van der Waals surface area contributed by atoms with E-state index in [4.69, 9.17) is 4.74 Å². The quantitative estimate of drug-likeness (QED) is 0.718. The minimum Gasteiger partial charge on any atom is -0.491 e. The molecule has 0 spiro atoms. The van der Waals surface area contributed by atoms with E-state index in [2.05, 4.69) is 5.32 Å². The summed E-state index contributed by atoms with van der Waals surface area (Å²) in [6, 6.07) is 7.82. The number of aliphatic hydroxyl groups excluding tert-OH is 2. The summed E-state index contributed by atoms with van der Waals surface area (Å²) in [5.41, 5.74) is 1.19. The third kappa shape index (κ3) is 6.04. The van der Waals surface area contributed by atoms with Crippen LogP contribution in [-0.2, 0) is 0 Å². The van der Waals surface area contributed by atoms with Crippen LogP contribution >= 0.6 is 0 Å². The van der Waals surface area contributed by atoms with Crippen molar-refractivity contribution >= 4 is 0 Å². The van der Waals surface area contributed by atoms with Gasteiger partial charge in [-0.2, -0.15) is 0 Å².